The third-order valence-corrected chi connectivity index (χ3v) is 4.42. The van der Waals surface area contributed by atoms with Crippen molar-refractivity contribution in [3.8, 4) is 5.88 Å². The molecule has 3 nitrogen and oxygen atoms in total. The van der Waals surface area contributed by atoms with Crippen LogP contribution in [0.1, 0.15) is 37.4 Å². The van der Waals surface area contributed by atoms with E-state index in [1.54, 1.807) is 6.20 Å². The third-order valence-electron chi connectivity index (χ3n) is 2.91. The van der Waals surface area contributed by atoms with Crippen molar-refractivity contribution in [3.63, 3.8) is 0 Å². The maximum Gasteiger partial charge on any atom is 0.237 e. The van der Waals surface area contributed by atoms with Crippen molar-refractivity contribution < 1.29 is 4.74 Å². The summed E-state index contributed by atoms with van der Waals surface area (Å²) in [7, 11) is 0. The molecule has 2 heterocycles. The van der Waals surface area contributed by atoms with Crippen LogP contribution in [0.5, 0.6) is 5.88 Å². The van der Waals surface area contributed by atoms with E-state index in [0.29, 0.717) is 12.5 Å². The zero-order valence-electron chi connectivity index (χ0n) is 12.6. The highest BCUT2D eigenvalue weighted by atomic mass is 32.1. The first-order valence-electron chi connectivity index (χ1n) is 6.91. The molecule has 0 aliphatic rings. The van der Waals surface area contributed by atoms with Crippen LogP contribution in [0.4, 0.5) is 5.69 Å². The zero-order valence-corrected chi connectivity index (χ0v) is 13.4. The van der Waals surface area contributed by atoms with Crippen LogP contribution >= 0.6 is 11.3 Å². The van der Waals surface area contributed by atoms with Crippen molar-refractivity contribution in [1.29, 1.82) is 0 Å². The smallest absolute Gasteiger partial charge is 0.237 e. The number of pyridine rings is 1. The molecule has 4 heteroatoms. The van der Waals surface area contributed by atoms with Gasteiger partial charge >= 0.3 is 0 Å². The minimum atomic E-state index is 0.216. The van der Waals surface area contributed by atoms with Gasteiger partial charge in [-0.05, 0) is 36.6 Å². The van der Waals surface area contributed by atoms with Crippen LogP contribution in [0, 0.1) is 0 Å². The van der Waals surface area contributed by atoms with E-state index in [2.05, 4.69) is 43.2 Å². The standard InChI is InChI=1S/C16H22N2OS/c1-5-19-15-13(7-6-10-17-15)18-11-12-8-9-14(20-12)16(2,3)4/h6-10,18H,5,11H2,1-4H3. The fourth-order valence-electron chi connectivity index (χ4n) is 1.84. The minimum absolute atomic E-state index is 0.216. The highest BCUT2D eigenvalue weighted by molar-refractivity contribution is 7.12. The Hall–Kier alpha value is -1.55. The molecule has 0 saturated heterocycles. The lowest BCUT2D eigenvalue weighted by atomic mass is 9.95. The Bertz CT molecular complexity index is 558. The van der Waals surface area contributed by atoms with Gasteiger partial charge in [-0.1, -0.05) is 20.8 Å². The summed E-state index contributed by atoms with van der Waals surface area (Å²) in [6, 6.07) is 8.32. The van der Waals surface area contributed by atoms with E-state index in [1.165, 1.54) is 9.75 Å². The Morgan fingerprint density at radius 2 is 2.05 bits per heavy atom. The monoisotopic (exact) mass is 290 g/mol. The van der Waals surface area contributed by atoms with Crippen molar-refractivity contribution in [3.05, 3.63) is 40.2 Å². The molecule has 2 aromatic rings. The minimum Gasteiger partial charge on any atom is -0.476 e. The van der Waals surface area contributed by atoms with Crippen molar-refractivity contribution in [2.75, 3.05) is 11.9 Å². The molecule has 20 heavy (non-hydrogen) atoms. The van der Waals surface area contributed by atoms with Gasteiger partial charge in [-0.25, -0.2) is 4.98 Å². The molecule has 0 fully saturated rings. The Balaban J connectivity index is 2.04. The molecule has 1 N–H and O–H groups in total. The molecule has 2 aromatic heterocycles. The molecular weight excluding hydrogens is 268 g/mol. The first-order chi connectivity index (χ1) is 9.50. The van der Waals surface area contributed by atoms with E-state index >= 15 is 0 Å². The van der Waals surface area contributed by atoms with Crippen LogP contribution in [0.3, 0.4) is 0 Å². The molecule has 0 aromatic carbocycles. The lowest BCUT2D eigenvalue weighted by molar-refractivity contribution is 0.328. The molecule has 0 amide bonds. The summed E-state index contributed by atoms with van der Waals surface area (Å²) in [5.74, 6) is 0.669. The second kappa shape index (κ2) is 6.27. The van der Waals surface area contributed by atoms with Gasteiger partial charge in [0.15, 0.2) is 0 Å². The van der Waals surface area contributed by atoms with Crippen LogP contribution in [0.25, 0.3) is 0 Å². The fraction of sp³-hybridized carbons (Fsp3) is 0.438. The van der Waals surface area contributed by atoms with Crippen LogP contribution in [0.2, 0.25) is 0 Å². The lowest BCUT2D eigenvalue weighted by Gasteiger charge is -2.15. The average molecular weight is 290 g/mol. The van der Waals surface area contributed by atoms with Crippen molar-refractivity contribution in [1.82, 2.24) is 4.98 Å². The average Bonchev–Trinajstić information content (AvgIpc) is 2.87. The number of nitrogens with one attached hydrogen (secondary N) is 1. The maximum absolute atomic E-state index is 5.51. The number of nitrogens with zero attached hydrogens (tertiary/aromatic N) is 1. The van der Waals surface area contributed by atoms with E-state index in [-0.39, 0.29) is 5.41 Å². The zero-order chi connectivity index (χ0) is 14.6. The predicted molar refractivity (Wildman–Crippen MR) is 85.8 cm³/mol. The van der Waals surface area contributed by atoms with E-state index < -0.39 is 0 Å². The first-order valence-corrected chi connectivity index (χ1v) is 7.73. The van der Waals surface area contributed by atoms with Gasteiger partial charge in [-0.3, -0.25) is 0 Å². The van der Waals surface area contributed by atoms with Crippen LogP contribution in [-0.4, -0.2) is 11.6 Å². The van der Waals surface area contributed by atoms with Gasteiger partial charge in [0, 0.05) is 22.5 Å². The Morgan fingerprint density at radius 3 is 2.70 bits per heavy atom. The highest BCUT2D eigenvalue weighted by Crippen LogP contribution is 2.30. The molecule has 0 saturated carbocycles. The van der Waals surface area contributed by atoms with Gasteiger partial charge < -0.3 is 10.1 Å². The molecular formula is C16H22N2OS. The fourth-order valence-corrected chi connectivity index (χ4v) is 2.84. The third kappa shape index (κ3) is 3.73. The molecule has 0 radical (unpaired) electrons. The summed E-state index contributed by atoms with van der Waals surface area (Å²) in [5, 5.41) is 3.40. The Morgan fingerprint density at radius 1 is 1.25 bits per heavy atom. The lowest BCUT2D eigenvalue weighted by Crippen LogP contribution is -2.07. The van der Waals surface area contributed by atoms with E-state index in [1.807, 2.05) is 30.4 Å². The molecule has 108 valence electrons. The summed E-state index contributed by atoms with van der Waals surface area (Å²) >= 11 is 1.85. The van der Waals surface area contributed by atoms with Gasteiger partial charge in [0.05, 0.1) is 12.3 Å². The van der Waals surface area contributed by atoms with Gasteiger partial charge in [0.2, 0.25) is 5.88 Å². The van der Waals surface area contributed by atoms with Gasteiger partial charge in [0.1, 0.15) is 0 Å². The van der Waals surface area contributed by atoms with E-state index in [9.17, 15) is 0 Å². The molecule has 0 spiro atoms. The van der Waals surface area contributed by atoms with E-state index in [0.717, 1.165) is 12.2 Å². The Labute approximate surface area is 125 Å². The second-order valence-electron chi connectivity index (χ2n) is 5.66. The highest BCUT2D eigenvalue weighted by Gasteiger charge is 2.16. The predicted octanol–water partition coefficient (Wildman–Crippen LogP) is 4.45. The number of rotatable bonds is 5. The molecule has 0 aliphatic heterocycles. The van der Waals surface area contributed by atoms with Crippen LogP contribution in [-0.2, 0) is 12.0 Å². The van der Waals surface area contributed by atoms with Gasteiger partial charge in [-0.15, -0.1) is 11.3 Å². The quantitative estimate of drug-likeness (QED) is 0.883. The number of hydrogen-bond acceptors (Lipinski definition) is 4. The molecule has 0 atom stereocenters. The molecule has 0 aliphatic carbocycles. The summed E-state index contributed by atoms with van der Waals surface area (Å²) in [5.41, 5.74) is 1.16. The number of aromatic nitrogens is 1. The normalized spacial score (nSPS) is 11.4. The van der Waals surface area contributed by atoms with Crippen LogP contribution in [0.15, 0.2) is 30.5 Å². The number of anilines is 1. The van der Waals surface area contributed by atoms with Crippen molar-refractivity contribution >= 4 is 17.0 Å². The summed E-state index contributed by atoms with van der Waals surface area (Å²) in [6.45, 7) is 10.1. The SMILES string of the molecule is CCOc1ncccc1NCc1ccc(C(C)(C)C)s1. The molecule has 2 rings (SSSR count). The number of thiophene rings is 1. The molecule has 0 unspecified atom stereocenters. The molecule has 0 bridgehead atoms. The summed E-state index contributed by atoms with van der Waals surface area (Å²) in [6.07, 6.45) is 1.75. The summed E-state index contributed by atoms with van der Waals surface area (Å²) in [4.78, 5) is 6.97. The van der Waals surface area contributed by atoms with Gasteiger partial charge in [-0.2, -0.15) is 0 Å². The van der Waals surface area contributed by atoms with Crippen molar-refractivity contribution in [2.24, 2.45) is 0 Å². The first kappa shape index (κ1) is 14.9. The second-order valence-corrected chi connectivity index (χ2v) is 6.83. The largest absolute Gasteiger partial charge is 0.476 e. The maximum atomic E-state index is 5.51. The number of ether oxygens (including phenoxy) is 1. The van der Waals surface area contributed by atoms with Crippen molar-refractivity contribution in [2.45, 2.75) is 39.7 Å². The topological polar surface area (TPSA) is 34.1 Å². The van der Waals surface area contributed by atoms with Gasteiger partial charge in [0.25, 0.3) is 0 Å². The summed E-state index contributed by atoms with van der Waals surface area (Å²) < 4.78 is 5.51. The number of hydrogen-bond donors (Lipinski definition) is 1. The van der Waals surface area contributed by atoms with Crippen LogP contribution < -0.4 is 10.1 Å². The Kier molecular flexibility index (Phi) is 4.65. The van der Waals surface area contributed by atoms with E-state index in [4.69, 9.17) is 4.74 Å².